The molecule has 2 N–H and O–H groups in total. The van der Waals surface area contributed by atoms with Gasteiger partial charge in [-0.1, -0.05) is 18.9 Å². The molecule has 1 aromatic carbocycles. The van der Waals surface area contributed by atoms with E-state index < -0.39 is 5.82 Å². The standard InChI is InChI=1S/C15H21FN2O2/c1-10(11-7-8-14(20-2)13(16)9-11)17-15(19)18-12-5-3-4-6-12/h7-10,12H,3-6H2,1-2H3,(H2,17,18,19)/t10-/m1/s1. The zero-order chi connectivity index (χ0) is 14.5. The average Bonchev–Trinajstić information content (AvgIpc) is 2.91. The van der Waals surface area contributed by atoms with Crippen molar-refractivity contribution in [3.8, 4) is 5.75 Å². The van der Waals surface area contributed by atoms with Gasteiger partial charge in [-0.2, -0.15) is 0 Å². The first-order chi connectivity index (χ1) is 9.60. The molecule has 2 rings (SSSR count). The Kier molecular flexibility index (Phi) is 4.82. The smallest absolute Gasteiger partial charge is 0.315 e. The number of hydrogen-bond acceptors (Lipinski definition) is 2. The van der Waals surface area contributed by atoms with E-state index in [1.54, 1.807) is 12.1 Å². The third-order valence-corrected chi connectivity index (χ3v) is 3.71. The fraction of sp³-hybridized carbons (Fsp3) is 0.533. The summed E-state index contributed by atoms with van der Waals surface area (Å²) >= 11 is 0. The number of amides is 2. The van der Waals surface area contributed by atoms with E-state index >= 15 is 0 Å². The van der Waals surface area contributed by atoms with Crippen molar-refractivity contribution in [1.82, 2.24) is 10.6 Å². The van der Waals surface area contributed by atoms with E-state index in [-0.39, 0.29) is 23.9 Å². The van der Waals surface area contributed by atoms with Crippen LogP contribution >= 0.6 is 0 Å². The van der Waals surface area contributed by atoms with Gasteiger partial charge in [-0.05, 0) is 37.5 Å². The first kappa shape index (κ1) is 14.6. The molecule has 0 radical (unpaired) electrons. The normalized spacial score (nSPS) is 16.8. The zero-order valence-corrected chi connectivity index (χ0v) is 11.9. The molecule has 1 fully saturated rings. The molecule has 20 heavy (non-hydrogen) atoms. The Hall–Kier alpha value is -1.78. The van der Waals surface area contributed by atoms with E-state index in [0.717, 1.165) is 12.8 Å². The number of methoxy groups -OCH3 is 1. The van der Waals surface area contributed by atoms with Crippen molar-refractivity contribution in [3.63, 3.8) is 0 Å². The van der Waals surface area contributed by atoms with Gasteiger partial charge in [0.2, 0.25) is 0 Å². The second-order valence-electron chi connectivity index (χ2n) is 5.21. The van der Waals surface area contributed by atoms with E-state index in [9.17, 15) is 9.18 Å². The summed E-state index contributed by atoms with van der Waals surface area (Å²) in [5.74, 6) is -0.216. The Balaban J connectivity index is 1.91. The third kappa shape index (κ3) is 3.62. The predicted octanol–water partition coefficient (Wildman–Crippen LogP) is 3.14. The lowest BCUT2D eigenvalue weighted by atomic mass is 10.1. The Morgan fingerprint density at radius 1 is 1.40 bits per heavy atom. The topological polar surface area (TPSA) is 50.4 Å². The van der Waals surface area contributed by atoms with Gasteiger partial charge in [-0.25, -0.2) is 9.18 Å². The molecule has 0 spiro atoms. The maximum absolute atomic E-state index is 13.6. The molecule has 4 nitrogen and oxygen atoms in total. The highest BCUT2D eigenvalue weighted by molar-refractivity contribution is 5.74. The molecule has 2 amide bonds. The predicted molar refractivity (Wildman–Crippen MR) is 75.3 cm³/mol. The zero-order valence-electron chi connectivity index (χ0n) is 11.9. The first-order valence-electron chi connectivity index (χ1n) is 7.00. The summed E-state index contributed by atoms with van der Waals surface area (Å²) in [6.07, 6.45) is 4.42. The molecular weight excluding hydrogens is 259 g/mol. The minimum absolute atomic E-state index is 0.194. The molecular formula is C15H21FN2O2. The fourth-order valence-electron chi connectivity index (χ4n) is 2.53. The molecule has 0 aromatic heterocycles. The first-order valence-corrected chi connectivity index (χ1v) is 7.00. The highest BCUT2D eigenvalue weighted by atomic mass is 19.1. The van der Waals surface area contributed by atoms with Gasteiger partial charge in [-0.15, -0.1) is 0 Å². The molecule has 1 aliphatic rings. The molecule has 0 saturated heterocycles. The van der Waals surface area contributed by atoms with E-state index in [2.05, 4.69) is 10.6 Å². The van der Waals surface area contributed by atoms with E-state index in [0.29, 0.717) is 5.56 Å². The number of benzene rings is 1. The van der Waals surface area contributed by atoms with Crippen LogP contribution in [0.1, 0.15) is 44.2 Å². The van der Waals surface area contributed by atoms with Crippen LogP contribution in [-0.2, 0) is 0 Å². The average molecular weight is 280 g/mol. The van der Waals surface area contributed by atoms with Crippen LogP contribution in [0.5, 0.6) is 5.75 Å². The van der Waals surface area contributed by atoms with Crippen molar-refractivity contribution < 1.29 is 13.9 Å². The van der Waals surface area contributed by atoms with Crippen LogP contribution in [0.3, 0.4) is 0 Å². The molecule has 1 aromatic rings. The van der Waals surface area contributed by atoms with Gasteiger partial charge >= 0.3 is 6.03 Å². The maximum atomic E-state index is 13.6. The van der Waals surface area contributed by atoms with Crippen molar-refractivity contribution in [1.29, 1.82) is 0 Å². The lowest BCUT2D eigenvalue weighted by Gasteiger charge is -2.18. The van der Waals surface area contributed by atoms with E-state index in [1.165, 1.54) is 26.0 Å². The SMILES string of the molecule is COc1ccc([C@@H](C)NC(=O)NC2CCCC2)cc1F. The second kappa shape index (κ2) is 6.59. The number of halogens is 1. The van der Waals surface area contributed by atoms with Gasteiger partial charge in [0.05, 0.1) is 13.2 Å². The highest BCUT2D eigenvalue weighted by Crippen LogP contribution is 2.22. The van der Waals surface area contributed by atoms with Crippen molar-refractivity contribution >= 4 is 6.03 Å². The molecule has 1 saturated carbocycles. The molecule has 0 bridgehead atoms. The van der Waals surface area contributed by atoms with Crippen LogP contribution in [0.15, 0.2) is 18.2 Å². The highest BCUT2D eigenvalue weighted by Gasteiger charge is 2.18. The minimum Gasteiger partial charge on any atom is -0.494 e. The number of hydrogen-bond donors (Lipinski definition) is 2. The van der Waals surface area contributed by atoms with Crippen LogP contribution in [0.25, 0.3) is 0 Å². The molecule has 0 heterocycles. The van der Waals surface area contributed by atoms with E-state index in [1.807, 2.05) is 6.92 Å². The molecule has 1 aliphatic carbocycles. The Morgan fingerprint density at radius 2 is 2.10 bits per heavy atom. The van der Waals surface area contributed by atoms with Crippen LogP contribution in [-0.4, -0.2) is 19.2 Å². The van der Waals surface area contributed by atoms with Crippen molar-refractivity contribution in [3.05, 3.63) is 29.6 Å². The second-order valence-corrected chi connectivity index (χ2v) is 5.21. The Bertz CT molecular complexity index is 473. The third-order valence-electron chi connectivity index (χ3n) is 3.71. The van der Waals surface area contributed by atoms with Gasteiger partial charge in [0.15, 0.2) is 11.6 Å². The summed E-state index contributed by atoms with van der Waals surface area (Å²) in [5.41, 5.74) is 0.713. The van der Waals surface area contributed by atoms with Gasteiger partial charge in [0.1, 0.15) is 0 Å². The molecule has 0 unspecified atom stereocenters. The van der Waals surface area contributed by atoms with Crippen LogP contribution < -0.4 is 15.4 Å². The molecule has 0 aliphatic heterocycles. The Labute approximate surface area is 118 Å². The van der Waals surface area contributed by atoms with Crippen LogP contribution in [0.4, 0.5) is 9.18 Å². The summed E-state index contributed by atoms with van der Waals surface area (Å²) in [6.45, 7) is 1.83. The van der Waals surface area contributed by atoms with Crippen molar-refractivity contribution in [2.75, 3.05) is 7.11 Å². The lowest BCUT2D eigenvalue weighted by Crippen LogP contribution is -2.41. The van der Waals surface area contributed by atoms with Gasteiger partial charge in [0, 0.05) is 6.04 Å². The van der Waals surface area contributed by atoms with Crippen molar-refractivity contribution in [2.24, 2.45) is 0 Å². The lowest BCUT2D eigenvalue weighted by molar-refractivity contribution is 0.234. The van der Waals surface area contributed by atoms with Crippen LogP contribution in [0, 0.1) is 5.82 Å². The molecule has 110 valence electrons. The van der Waals surface area contributed by atoms with E-state index in [4.69, 9.17) is 4.74 Å². The maximum Gasteiger partial charge on any atom is 0.315 e. The minimum atomic E-state index is -0.421. The number of carbonyl (C=O) groups is 1. The number of nitrogens with one attached hydrogen (secondary N) is 2. The summed E-state index contributed by atoms with van der Waals surface area (Å²) < 4.78 is 18.5. The number of ether oxygens (including phenoxy) is 1. The quantitative estimate of drug-likeness (QED) is 0.890. The summed E-state index contributed by atoms with van der Waals surface area (Å²) in [4.78, 5) is 11.9. The summed E-state index contributed by atoms with van der Waals surface area (Å²) in [5, 5.41) is 5.78. The van der Waals surface area contributed by atoms with Gasteiger partial charge < -0.3 is 15.4 Å². The number of rotatable bonds is 4. The monoisotopic (exact) mass is 280 g/mol. The molecule has 5 heteroatoms. The summed E-state index contributed by atoms with van der Waals surface area (Å²) in [6, 6.07) is 4.53. The van der Waals surface area contributed by atoms with Crippen LogP contribution in [0.2, 0.25) is 0 Å². The number of carbonyl (C=O) groups excluding carboxylic acids is 1. The summed E-state index contributed by atoms with van der Waals surface area (Å²) in [7, 11) is 1.43. The Morgan fingerprint density at radius 3 is 2.70 bits per heavy atom. The fourth-order valence-corrected chi connectivity index (χ4v) is 2.53. The van der Waals surface area contributed by atoms with Gasteiger partial charge in [-0.3, -0.25) is 0 Å². The van der Waals surface area contributed by atoms with Crippen molar-refractivity contribution in [2.45, 2.75) is 44.7 Å². The number of urea groups is 1. The largest absolute Gasteiger partial charge is 0.494 e. The van der Waals surface area contributed by atoms with Gasteiger partial charge in [0.25, 0.3) is 0 Å². The molecule has 1 atom stereocenters.